The van der Waals surface area contributed by atoms with Crippen molar-refractivity contribution in [3.63, 3.8) is 0 Å². The molecule has 0 saturated heterocycles. The fourth-order valence-electron chi connectivity index (χ4n) is 3.28. The lowest BCUT2D eigenvalue weighted by molar-refractivity contribution is -0.385. The third kappa shape index (κ3) is 4.86. The minimum Gasteiger partial charge on any atom is -0.493 e. The van der Waals surface area contributed by atoms with Gasteiger partial charge in [0.15, 0.2) is 21.3 Å². The number of ether oxygens (including phenoxy) is 2. The summed E-state index contributed by atoms with van der Waals surface area (Å²) in [5, 5.41) is 12.6. The fourth-order valence-corrected chi connectivity index (χ4v) is 4.95. The van der Waals surface area contributed by atoms with Gasteiger partial charge in [-0.15, -0.1) is 0 Å². The quantitative estimate of drug-likeness (QED) is 0.272. The summed E-state index contributed by atoms with van der Waals surface area (Å²) in [5.41, 5.74) is -0.776. The van der Waals surface area contributed by atoms with Crippen molar-refractivity contribution in [3.8, 4) is 11.5 Å². The van der Waals surface area contributed by atoms with Gasteiger partial charge in [-0.2, -0.15) is 0 Å². The number of carbonyl (C=O) groups is 1. The molecular weight excluding hydrogens is 471 g/mol. The first kappa shape index (κ1) is 24.7. The number of benzene rings is 2. The first-order valence-electron chi connectivity index (χ1n) is 9.82. The van der Waals surface area contributed by atoms with Crippen LogP contribution in [0.25, 0.3) is 0 Å². The van der Waals surface area contributed by atoms with Gasteiger partial charge in [-0.25, -0.2) is 12.8 Å². The fraction of sp³-hybridized carbons (Fsp3) is 0.227. The third-order valence-corrected chi connectivity index (χ3v) is 7.14. The molecule has 0 spiro atoms. The maximum Gasteiger partial charge on any atom is 0.286 e. The van der Waals surface area contributed by atoms with Crippen LogP contribution in [0.3, 0.4) is 0 Å². The molecule has 1 aromatic heterocycles. The largest absolute Gasteiger partial charge is 0.493 e. The van der Waals surface area contributed by atoms with E-state index >= 15 is 0 Å². The molecule has 0 radical (unpaired) electrons. The average molecular weight is 492 g/mol. The average Bonchev–Trinajstić information content (AvgIpc) is 3.33. The Morgan fingerprint density at radius 1 is 1.18 bits per heavy atom. The van der Waals surface area contributed by atoms with E-state index in [0.717, 1.165) is 24.3 Å². The molecule has 1 atom stereocenters. The number of hydrogen-bond donors (Lipinski definition) is 1. The minimum atomic E-state index is -4.14. The number of nitrogens with one attached hydrogen (secondary N) is 1. The Hall–Kier alpha value is -3.93. The van der Waals surface area contributed by atoms with Crippen molar-refractivity contribution in [1.82, 2.24) is 5.32 Å². The lowest BCUT2D eigenvalue weighted by Gasteiger charge is -2.17. The second-order valence-corrected chi connectivity index (χ2v) is 9.28. The molecule has 12 heteroatoms. The van der Waals surface area contributed by atoms with Crippen LogP contribution in [-0.2, 0) is 9.84 Å². The number of nitro benzene ring substituents is 1. The first-order valence-corrected chi connectivity index (χ1v) is 11.4. The van der Waals surface area contributed by atoms with E-state index in [-0.39, 0.29) is 33.3 Å². The van der Waals surface area contributed by atoms with Gasteiger partial charge in [0.1, 0.15) is 22.4 Å². The Morgan fingerprint density at radius 2 is 1.85 bits per heavy atom. The highest BCUT2D eigenvalue weighted by Crippen LogP contribution is 2.35. The summed E-state index contributed by atoms with van der Waals surface area (Å²) < 4.78 is 55.8. The smallest absolute Gasteiger partial charge is 0.286 e. The number of methoxy groups -OCH3 is 2. The summed E-state index contributed by atoms with van der Waals surface area (Å²) in [5.74, 6) is -1.31. The third-order valence-electron chi connectivity index (χ3n) is 5.08. The van der Waals surface area contributed by atoms with E-state index in [1.807, 2.05) is 0 Å². The lowest BCUT2D eigenvalue weighted by atomic mass is 10.1. The molecule has 180 valence electrons. The summed E-state index contributed by atoms with van der Waals surface area (Å²) in [4.78, 5) is 23.5. The van der Waals surface area contributed by atoms with Crippen LogP contribution in [0.5, 0.6) is 11.5 Å². The van der Waals surface area contributed by atoms with Crippen LogP contribution in [0, 0.1) is 22.9 Å². The van der Waals surface area contributed by atoms with Gasteiger partial charge in [0.25, 0.3) is 11.6 Å². The summed E-state index contributed by atoms with van der Waals surface area (Å²) in [7, 11) is -1.55. The van der Waals surface area contributed by atoms with Gasteiger partial charge in [-0.1, -0.05) is 0 Å². The molecule has 3 aromatic rings. The number of rotatable bonds is 9. The van der Waals surface area contributed by atoms with Crippen molar-refractivity contribution in [2.45, 2.75) is 17.1 Å². The van der Waals surface area contributed by atoms with E-state index in [0.29, 0.717) is 0 Å². The van der Waals surface area contributed by atoms with Gasteiger partial charge in [-0.3, -0.25) is 14.9 Å². The van der Waals surface area contributed by atoms with Gasteiger partial charge in [0.05, 0.1) is 36.4 Å². The van der Waals surface area contributed by atoms with Crippen molar-refractivity contribution in [3.05, 3.63) is 81.5 Å². The van der Waals surface area contributed by atoms with Gasteiger partial charge in [0.2, 0.25) is 0 Å². The predicted molar refractivity (Wildman–Crippen MR) is 118 cm³/mol. The van der Waals surface area contributed by atoms with Crippen molar-refractivity contribution in [1.29, 1.82) is 0 Å². The van der Waals surface area contributed by atoms with E-state index in [1.54, 1.807) is 0 Å². The van der Waals surface area contributed by atoms with Crippen LogP contribution < -0.4 is 14.8 Å². The normalized spacial score (nSPS) is 12.1. The van der Waals surface area contributed by atoms with E-state index in [1.165, 1.54) is 45.6 Å². The standard InChI is InChI=1S/C22H21FN2O8S/c1-13-9-14(6-7-16(13)23)34(29,30)21(18-5-4-8-33-18)12-24-22(26)15-10-19(31-2)20(32-3)11-17(15)25(27)28/h4-11,21H,12H2,1-3H3,(H,24,26)/t21-/m1/s1. The Kier molecular flexibility index (Phi) is 7.20. The predicted octanol–water partition coefficient (Wildman–Crippen LogP) is 3.60. The van der Waals surface area contributed by atoms with Crippen molar-refractivity contribution >= 4 is 21.4 Å². The number of sulfone groups is 1. The first-order chi connectivity index (χ1) is 16.1. The molecule has 0 aliphatic heterocycles. The van der Waals surface area contributed by atoms with Gasteiger partial charge in [-0.05, 0) is 42.8 Å². The van der Waals surface area contributed by atoms with Crippen molar-refractivity contribution in [2.75, 3.05) is 20.8 Å². The molecule has 10 nitrogen and oxygen atoms in total. The highest BCUT2D eigenvalue weighted by atomic mass is 32.2. The zero-order chi connectivity index (χ0) is 25.0. The SMILES string of the molecule is COc1cc(C(=O)NC[C@H](c2ccco2)S(=O)(=O)c2ccc(F)c(C)c2)c([N+](=O)[O-])cc1OC. The van der Waals surface area contributed by atoms with Crippen LogP contribution >= 0.6 is 0 Å². The van der Waals surface area contributed by atoms with E-state index < -0.39 is 44.0 Å². The topological polar surface area (TPSA) is 138 Å². The molecule has 3 rings (SSSR count). The van der Waals surface area contributed by atoms with Crippen LogP contribution in [-0.4, -0.2) is 40.0 Å². The van der Waals surface area contributed by atoms with E-state index in [9.17, 15) is 27.7 Å². The molecule has 0 unspecified atom stereocenters. The van der Waals surface area contributed by atoms with Crippen LogP contribution in [0.4, 0.5) is 10.1 Å². The molecule has 0 saturated carbocycles. The monoisotopic (exact) mass is 492 g/mol. The molecule has 0 aliphatic rings. The van der Waals surface area contributed by atoms with Crippen molar-refractivity contribution < 1.29 is 36.4 Å². The molecule has 1 N–H and O–H groups in total. The number of nitrogens with zero attached hydrogens (tertiary/aromatic N) is 1. The van der Waals surface area contributed by atoms with Gasteiger partial charge in [0, 0.05) is 12.6 Å². The molecule has 0 fully saturated rings. The highest BCUT2D eigenvalue weighted by Gasteiger charge is 2.33. The molecule has 0 bridgehead atoms. The summed E-state index contributed by atoms with van der Waals surface area (Å²) in [6, 6.07) is 8.41. The molecule has 0 aliphatic carbocycles. The maximum absolute atomic E-state index is 13.7. The van der Waals surface area contributed by atoms with Gasteiger partial charge >= 0.3 is 0 Å². The van der Waals surface area contributed by atoms with Crippen LogP contribution in [0.15, 0.2) is 58.0 Å². The molecular formula is C22H21FN2O8S. The number of halogens is 1. The number of aryl methyl sites for hydroxylation is 1. The van der Waals surface area contributed by atoms with E-state index in [4.69, 9.17) is 13.9 Å². The second kappa shape index (κ2) is 9.91. The summed E-state index contributed by atoms with van der Waals surface area (Å²) in [6.45, 7) is 0.949. The van der Waals surface area contributed by atoms with Gasteiger partial charge < -0.3 is 19.2 Å². The molecule has 34 heavy (non-hydrogen) atoms. The van der Waals surface area contributed by atoms with E-state index in [2.05, 4.69) is 5.32 Å². The Bertz CT molecular complexity index is 1320. The minimum absolute atomic E-state index is 0.0316. The maximum atomic E-state index is 13.7. The number of carbonyl (C=O) groups excluding carboxylic acids is 1. The Labute approximate surface area is 194 Å². The number of amides is 1. The zero-order valence-electron chi connectivity index (χ0n) is 18.4. The number of furan rings is 1. The highest BCUT2D eigenvalue weighted by molar-refractivity contribution is 7.91. The number of hydrogen-bond acceptors (Lipinski definition) is 8. The van der Waals surface area contributed by atoms with Crippen LogP contribution in [0.2, 0.25) is 0 Å². The number of nitro groups is 1. The Morgan fingerprint density at radius 3 is 2.41 bits per heavy atom. The molecule has 1 heterocycles. The van der Waals surface area contributed by atoms with Crippen molar-refractivity contribution in [2.24, 2.45) is 0 Å². The second-order valence-electron chi connectivity index (χ2n) is 7.15. The lowest BCUT2D eigenvalue weighted by Crippen LogP contribution is -2.32. The summed E-state index contributed by atoms with van der Waals surface area (Å²) in [6.07, 6.45) is 1.27. The summed E-state index contributed by atoms with van der Waals surface area (Å²) >= 11 is 0. The van der Waals surface area contributed by atoms with Crippen LogP contribution in [0.1, 0.15) is 26.9 Å². The zero-order valence-corrected chi connectivity index (χ0v) is 19.2. The molecule has 2 aromatic carbocycles. The Balaban J connectivity index is 1.96. The molecule has 1 amide bonds.